The first-order valence-electron chi connectivity index (χ1n) is 9.61. The second kappa shape index (κ2) is 11.9. The van der Waals surface area contributed by atoms with Crippen molar-refractivity contribution in [1.29, 1.82) is 0 Å². The van der Waals surface area contributed by atoms with Crippen molar-refractivity contribution in [3.8, 4) is 0 Å². The summed E-state index contributed by atoms with van der Waals surface area (Å²) in [4.78, 5) is 14.9. The van der Waals surface area contributed by atoms with E-state index in [1.807, 2.05) is 6.07 Å². The Balaban J connectivity index is 0.00000182. The van der Waals surface area contributed by atoms with Crippen LogP contribution in [0.3, 0.4) is 0 Å². The number of nitrogens with two attached hydrogens (primary N) is 1. The van der Waals surface area contributed by atoms with Gasteiger partial charge in [-0.15, -0.1) is 24.8 Å². The summed E-state index contributed by atoms with van der Waals surface area (Å²) in [6.45, 7) is 5.49. The molecule has 3 rings (SSSR count). The largest absolute Gasteiger partial charge is 0.364 e. The number of piperidine rings is 1. The minimum atomic E-state index is -0.345. The third-order valence-corrected chi connectivity index (χ3v) is 5.55. The molecule has 0 radical (unpaired) electrons. The molecule has 1 aromatic carbocycles. The van der Waals surface area contributed by atoms with Crippen LogP contribution in [0.25, 0.3) is 0 Å². The zero-order valence-electron chi connectivity index (χ0n) is 16.1. The minimum absolute atomic E-state index is 0. The number of likely N-dealkylation sites (tertiary alicyclic amines) is 1. The molecule has 2 heterocycles. The summed E-state index contributed by atoms with van der Waals surface area (Å²) in [6, 6.07) is 9.06. The van der Waals surface area contributed by atoms with Gasteiger partial charge < -0.3 is 15.8 Å². The molecule has 1 aromatic rings. The van der Waals surface area contributed by atoms with E-state index < -0.39 is 0 Å². The molecule has 2 aliphatic rings. The van der Waals surface area contributed by atoms with Crippen LogP contribution < -0.4 is 11.1 Å². The van der Waals surface area contributed by atoms with Gasteiger partial charge in [-0.25, -0.2) is 0 Å². The lowest BCUT2D eigenvalue weighted by atomic mass is 10.0. The van der Waals surface area contributed by atoms with Crippen LogP contribution in [0.15, 0.2) is 24.3 Å². The van der Waals surface area contributed by atoms with Crippen molar-refractivity contribution in [3.05, 3.63) is 35.4 Å². The first kappa shape index (κ1) is 24.2. The molecule has 0 aromatic heterocycles. The minimum Gasteiger partial charge on any atom is -0.364 e. The van der Waals surface area contributed by atoms with Gasteiger partial charge in [0.25, 0.3) is 0 Å². The molecular weight excluding hydrogens is 385 g/mol. The monoisotopic (exact) mass is 417 g/mol. The van der Waals surface area contributed by atoms with Gasteiger partial charge in [0, 0.05) is 25.7 Å². The number of nitrogens with zero attached hydrogens (tertiary/aromatic N) is 1. The normalized spacial score (nSPS) is 25.3. The number of rotatable bonds is 6. The van der Waals surface area contributed by atoms with Gasteiger partial charge in [0.05, 0.1) is 6.10 Å². The molecule has 5 nitrogen and oxygen atoms in total. The Morgan fingerprint density at radius 3 is 2.59 bits per heavy atom. The highest BCUT2D eigenvalue weighted by Crippen LogP contribution is 2.22. The fraction of sp³-hybridized carbons (Fsp3) is 0.650. The van der Waals surface area contributed by atoms with Crippen molar-refractivity contribution in [2.45, 2.75) is 70.4 Å². The van der Waals surface area contributed by atoms with E-state index in [9.17, 15) is 4.79 Å². The molecule has 1 amide bonds. The summed E-state index contributed by atoms with van der Waals surface area (Å²) in [6.07, 6.45) is 5.22. The predicted octanol–water partition coefficient (Wildman–Crippen LogP) is 3.03. The molecule has 1 unspecified atom stereocenters. The number of nitrogens with one attached hydrogen (secondary N) is 1. The van der Waals surface area contributed by atoms with Gasteiger partial charge in [-0.3, -0.25) is 9.69 Å². The number of halogens is 2. The average molecular weight is 418 g/mol. The van der Waals surface area contributed by atoms with Gasteiger partial charge in [0.2, 0.25) is 5.91 Å². The SMILES string of the molecule is CC1CCCCN1Cc1ccccc1CNC(=O)[C@@H]1CC[C@H](CN)O1.Cl.Cl. The van der Waals surface area contributed by atoms with Crippen molar-refractivity contribution in [2.75, 3.05) is 13.1 Å². The van der Waals surface area contributed by atoms with Gasteiger partial charge in [-0.1, -0.05) is 30.7 Å². The molecule has 0 aliphatic carbocycles. The summed E-state index contributed by atoms with van der Waals surface area (Å²) in [7, 11) is 0. The fourth-order valence-electron chi connectivity index (χ4n) is 3.86. The summed E-state index contributed by atoms with van der Waals surface area (Å²) < 4.78 is 5.68. The van der Waals surface area contributed by atoms with Crippen LogP contribution in [-0.4, -0.2) is 42.1 Å². The maximum atomic E-state index is 12.3. The molecule has 3 atom stereocenters. The summed E-state index contributed by atoms with van der Waals surface area (Å²) in [5, 5.41) is 3.05. The molecule has 0 saturated carbocycles. The van der Waals surface area contributed by atoms with Crippen molar-refractivity contribution < 1.29 is 9.53 Å². The number of benzene rings is 1. The quantitative estimate of drug-likeness (QED) is 0.745. The Labute approximate surface area is 175 Å². The highest BCUT2D eigenvalue weighted by Gasteiger charge is 2.29. The molecular formula is C20H33Cl2N3O2. The summed E-state index contributed by atoms with van der Waals surface area (Å²) in [5.74, 6) is -0.0166. The molecule has 0 spiro atoms. The van der Waals surface area contributed by atoms with Crippen LogP contribution in [0.5, 0.6) is 0 Å². The maximum Gasteiger partial charge on any atom is 0.249 e. The first-order chi connectivity index (χ1) is 12.2. The third kappa shape index (κ3) is 6.61. The summed E-state index contributed by atoms with van der Waals surface area (Å²) in [5.41, 5.74) is 8.13. The van der Waals surface area contributed by atoms with E-state index >= 15 is 0 Å². The van der Waals surface area contributed by atoms with Crippen LogP contribution in [0, 0.1) is 0 Å². The lowest BCUT2D eigenvalue weighted by molar-refractivity contribution is -0.132. The molecule has 3 N–H and O–H groups in total. The molecule has 7 heteroatoms. The van der Waals surface area contributed by atoms with E-state index in [1.54, 1.807) is 0 Å². The Morgan fingerprint density at radius 2 is 1.93 bits per heavy atom. The van der Waals surface area contributed by atoms with E-state index in [-0.39, 0.29) is 42.9 Å². The van der Waals surface area contributed by atoms with Gasteiger partial charge in [0.1, 0.15) is 6.10 Å². The second-order valence-corrected chi connectivity index (χ2v) is 7.36. The van der Waals surface area contributed by atoms with E-state index in [0.717, 1.165) is 25.9 Å². The molecule has 27 heavy (non-hydrogen) atoms. The number of hydrogen-bond acceptors (Lipinski definition) is 4. The van der Waals surface area contributed by atoms with E-state index in [0.29, 0.717) is 19.1 Å². The first-order valence-corrected chi connectivity index (χ1v) is 9.61. The van der Waals surface area contributed by atoms with Gasteiger partial charge in [-0.05, 0) is 50.3 Å². The van der Waals surface area contributed by atoms with Crippen LogP contribution >= 0.6 is 24.8 Å². The predicted molar refractivity (Wildman–Crippen MR) is 113 cm³/mol. The highest BCUT2D eigenvalue weighted by atomic mass is 35.5. The van der Waals surface area contributed by atoms with E-state index in [4.69, 9.17) is 10.5 Å². The number of amides is 1. The van der Waals surface area contributed by atoms with Crippen LogP contribution in [0.4, 0.5) is 0 Å². The molecule has 2 saturated heterocycles. The Kier molecular flexibility index (Phi) is 10.6. The Bertz CT molecular complexity index is 588. The smallest absolute Gasteiger partial charge is 0.249 e. The highest BCUT2D eigenvalue weighted by molar-refractivity contribution is 5.85. The molecule has 0 bridgehead atoms. The van der Waals surface area contributed by atoms with Crippen LogP contribution in [-0.2, 0) is 22.6 Å². The maximum absolute atomic E-state index is 12.3. The topological polar surface area (TPSA) is 67.6 Å². The van der Waals surface area contributed by atoms with Crippen molar-refractivity contribution in [1.82, 2.24) is 10.2 Å². The lowest BCUT2D eigenvalue weighted by Gasteiger charge is -2.33. The van der Waals surface area contributed by atoms with Crippen LogP contribution in [0.2, 0.25) is 0 Å². The number of hydrogen-bond donors (Lipinski definition) is 2. The third-order valence-electron chi connectivity index (χ3n) is 5.55. The number of ether oxygens (including phenoxy) is 1. The summed E-state index contributed by atoms with van der Waals surface area (Å²) >= 11 is 0. The molecule has 154 valence electrons. The average Bonchev–Trinajstić information content (AvgIpc) is 3.12. The standard InChI is InChI=1S/C20H31N3O2.2ClH/c1-15-6-4-5-11-23(15)14-17-8-3-2-7-16(17)13-22-20(24)19-10-9-18(12-21)25-19;;/h2-3,7-8,15,18-19H,4-6,9-14,21H2,1H3,(H,22,24);2*1H/t15?,18-,19+;;/m1../s1. The fourth-order valence-corrected chi connectivity index (χ4v) is 3.86. The van der Waals surface area contributed by atoms with Crippen molar-refractivity contribution in [2.24, 2.45) is 5.73 Å². The number of carbonyl (C=O) groups is 1. The van der Waals surface area contributed by atoms with Crippen LogP contribution in [0.1, 0.15) is 50.2 Å². The van der Waals surface area contributed by atoms with Gasteiger partial charge >= 0.3 is 0 Å². The Morgan fingerprint density at radius 1 is 1.19 bits per heavy atom. The van der Waals surface area contributed by atoms with Crippen molar-refractivity contribution in [3.63, 3.8) is 0 Å². The second-order valence-electron chi connectivity index (χ2n) is 7.36. The van der Waals surface area contributed by atoms with E-state index in [2.05, 4.69) is 35.3 Å². The number of carbonyl (C=O) groups excluding carboxylic acids is 1. The molecule has 2 fully saturated rings. The van der Waals surface area contributed by atoms with Gasteiger partial charge in [-0.2, -0.15) is 0 Å². The molecule has 2 aliphatic heterocycles. The Hall–Kier alpha value is -0.850. The zero-order chi connectivity index (χ0) is 17.6. The zero-order valence-corrected chi connectivity index (χ0v) is 17.7. The van der Waals surface area contributed by atoms with Crippen molar-refractivity contribution >= 4 is 30.7 Å². The van der Waals surface area contributed by atoms with E-state index in [1.165, 1.54) is 30.4 Å². The van der Waals surface area contributed by atoms with Gasteiger partial charge in [0.15, 0.2) is 0 Å². The lowest BCUT2D eigenvalue weighted by Crippen LogP contribution is -2.37.